The molecule has 1 amide bonds. The lowest BCUT2D eigenvalue weighted by Crippen LogP contribution is -2.46. The van der Waals surface area contributed by atoms with Crippen molar-refractivity contribution in [3.63, 3.8) is 0 Å². The number of rotatable bonds is 8. The molecule has 1 fully saturated rings. The van der Waals surface area contributed by atoms with Crippen LogP contribution in [0.4, 0.5) is 24.5 Å². The van der Waals surface area contributed by atoms with Crippen molar-refractivity contribution in [2.24, 2.45) is 0 Å². The molecule has 0 spiro atoms. The zero-order valence-corrected chi connectivity index (χ0v) is 22.0. The van der Waals surface area contributed by atoms with Crippen molar-refractivity contribution in [3.8, 4) is 17.6 Å². The minimum Gasteiger partial charge on any atom is -0.495 e. The summed E-state index contributed by atoms with van der Waals surface area (Å²) in [6.07, 6.45) is 1.18. The second-order valence-electron chi connectivity index (χ2n) is 8.73. The number of anilines is 2. The first kappa shape index (κ1) is 27.5. The van der Waals surface area contributed by atoms with E-state index < -0.39 is 18.0 Å². The summed E-state index contributed by atoms with van der Waals surface area (Å²) in [6, 6.07) is 8.01. The molecule has 2 aromatic heterocycles. The lowest BCUT2D eigenvalue weighted by molar-refractivity contribution is 0.0963. The van der Waals surface area contributed by atoms with E-state index >= 15 is 0 Å². The number of nitrogens with zero attached hydrogens (tertiary/aromatic N) is 3. The molecule has 3 heterocycles. The number of benzene rings is 1. The van der Waals surface area contributed by atoms with Gasteiger partial charge in [-0.05, 0) is 61.5 Å². The summed E-state index contributed by atoms with van der Waals surface area (Å²) < 4.78 is 48.4. The summed E-state index contributed by atoms with van der Waals surface area (Å²) in [7, 11) is 4.93. The van der Waals surface area contributed by atoms with E-state index in [-0.39, 0.29) is 23.2 Å². The molecule has 1 aromatic carbocycles. The Morgan fingerprint density at radius 2 is 2.13 bits per heavy atom. The number of carbonyl (C=O) groups excluding carboxylic acids is 1. The van der Waals surface area contributed by atoms with Gasteiger partial charge >= 0.3 is 0 Å². The van der Waals surface area contributed by atoms with Crippen LogP contribution in [0.25, 0.3) is 5.65 Å². The average Bonchev–Trinajstić information content (AvgIpc) is 3.25. The topological polar surface area (TPSA) is 82.9 Å². The number of likely N-dealkylation sites (tertiary alicyclic amines) is 1. The van der Waals surface area contributed by atoms with Gasteiger partial charge in [-0.1, -0.05) is 5.92 Å². The fourth-order valence-corrected chi connectivity index (χ4v) is 4.89. The van der Waals surface area contributed by atoms with Crippen molar-refractivity contribution >= 4 is 34.7 Å². The molecule has 8 nitrogen and oxygen atoms in total. The Morgan fingerprint density at radius 3 is 2.84 bits per heavy atom. The van der Waals surface area contributed by atoms with E-state index in [1.807, 2.05) is 11.9 Å². The highest BCUT2D eigenvalue weighted by Gasteiger charge is 2.28. The van der Waals surface area contributed by atoms with Crippen LogP contribution in [0.15, 0.2) is 41.6 Å². The first-order chi connectivity index (χ1) is 18.3. The van der Waals surface area contributed by atoms with Gasteiger partial charge in [0, 0.05) is 31.9 Å². The summed E-state index contributed by atoms with van der Waals surface area (Å²) in [5, 5.41) is 9.08. The standard InChI is InChI=1S/C26H29F3N6O2S/c1-30-24(36)16-8-9-22(37-3)21(14-16)31-11-4-6-20-25(38-26(28)29)35-12-5-7-19(23(35)33-20)32-18-10-13-34(2)15-17(18)27/h5,7-9,12,14,17-18,26,31-32H,10-11,13,15H2,1-3H3,(H,30,36)/t17-,18+/m0/s1. The number of imidazole rings is 1. The lowest BCUT2D eigenvalue weighted by atomic mass is 10.0. The van der Waals surface area contributed by atoms with Gasteiger partial charge < -0.3 is 25.6 Å². The van der Waals surface area contributed by atoms with Crippen LogP contribution >= 0.6 is 11.8 Å². The number of ether oxygens (including phenoxy) is 1. The zero-order chi connectivity index (χ0) is 27.2. The van der Waals surface area contributed by atoms with E-state index in [4.69, 9.17) is 4.74 Å². The minimum absolute atomic E-state index is 0.143. The van der Waals surface area contributed by atoms with Gasteiger partial charge in [-0.25, -0.2) is 9.37 Å². The maximum atomic E-state index is 14.6. The molecule has 0 radical (unpaired) electrons. The summed E-state index contributed by atoms with van der Waals surface area (Å²) in [6.45, 7) is 1.22. The summed E-state index contributed by atoms with van der Waals surface area (Å²) in [5.74, 6) is 3.40. The van der Waals surface area contributed by atoms with Gasteiger partial charge in [0.1, 0.15) is 22.6 Å². The van der Waals surface area contributed by atoms with Crippen molar-refractivity contribution in [2.75, 3.05) is 51.5 Å². The Balaban J connectivity index is 1.59. The molecule has 3 aromatic rings. The number of halogens is 3. The Bertz CT molecular complexity index is 1360. The largest absolute Gasteiger partial charge is 0.495 e. The Morgan fingerprint density at radius 1 is 1.32 bits per heavy atom. The molecule has 0 saturated carbocycles. The van der Waals surface area contributed by atoms with Gasteiger partial charge in [-0.2, -0.15) is 8.78 Å². The monoisotopic (exact) mass is 546 g/mol. The molecule has 202 valence electrons. The van der Waals surface area contributed by atoms with Crippen molar-refractivity contribution in [1.82, 2.24) is 19.6 Å². The highest BCUT2D eigenvalue weighted by atomic mass is 32.2. The van der Waals surface area contributed by atoms with Crippen LogP contribution in [0.2, 0.25) is 0 Å². The number of methoxy groups -OCH3 is 1. The predicted molar refractivity (Wildman–Crippen MR) is 143 cm³/mol. The normalized spacial score (nSPS) is 17.7. The van der Waals surface area contributed by atoms with E-state index in [0.717, 1.165) is 6.54 Å². The number of amides is 1. The molecule has 1 aliphatic rings. The second kappa shape index (κ2) is 12.3. The molecular weight excluding hydrogens is 517 g/mol. The Labute approximate surface area is 223 Å². The number of aromatic nitrogens is 2. The van der Waals surface area contributed by atoms with Gasteiger partial charge in [0.2, 0.25) is 0 Å². The van der Waals surface area contributed by atoms with Crippen LogP contribution in [-0.4, -0.2) is 79.0 Å². The molecular formula is C26H29F3N6O2S. The third-order valence-corrected chi connectivity index (χ3v) is 6.95. The van der Waals surface area contributed by atoms with Crippen LogP contribution in [0.3, 0.4) is 0 Å². The van der Waals surface area contributed by atoms with Crippen molar-refractivity contribution in [1.29, 1.82) is 0 Å². The highest BCUT2D eigenvalue weighted by Crippen LogP contribution is 2.32. The SMILES string of the molecule is CNC(=O)c1ccc(OC)c(NCC#Cc2nc3c(N[C@@H]4CCN(C)C[C@@H]4F)cccn3c2SC(F)F)c1. The van der Waals surface area contributed by atoms with Crippen molar-refractivity contribution < 1.29 is 22.7 Å². The van der Waals surface area contributed by atoms with Gasteiger partial charge in [0.05, 0.1) is 31.1 Å². The number of thioether (sulfide) groups is 1. The summed E-state index contributed by atoms with van der Waals surface area (Å²) in [4.78, 5) is 18.4. The molecule has 0 bridgehead atoms. The third-order valence-electron chi connectivity index (χ3n) is 6.16. The molecule has 38 heavy (non-hydrogen) atoms. The van der Waals surface area contributed by atoms with Crippen LogP contribution in [0.1, 0.15) is 22.5 Å². The van der Waals surface area contributed by atoms with Gasteiger partial charge in [0.25, 0.3) is 11.7 Å². The van der Waals surface area contributed by atoms with Gasteiger partial charge in [0.15, 0.2) is 5.65 Å². The molecule has 12 heteroatoms. The second-order valence-corrected chi connectivity index (χ2v) is 9.71. The minimum atomic E-state index is -2.67. The van der Waals surface area contributed by atoms with Crippen LogP contribution < -0.4 is 20.7 Å². The van der Waals surface area contributed by atoms with E-state index in [9.17, 15) is 18.0 Å². The van der Waals surface area contributed by atoms with E-state index in [1.165, 1.54) is 7.11 Å². The summed E-state index contributed by atoms with van der Waals surface area (Å²) in [5.41, 5.74) is 2.16. The molecule has 1 saturated heterocycles. The van der Waals surface area contributed by atoms with Crippen LogP contribution in [-0.2, 0) is 0 Å². The lowest BCUT2D eigenvalue weighted by Gasteiger charge is -2.33. The van der Waals surface area contributed by atoms with Gasteiger partial charge in [-0.15, -0.1) is 0 Å². The molecule has 0 aliphatic carbocycles. The third kappa shape index (κ3) is 6.28. The number of carbonyl (C=O) groups is 1. The quantitative estimate of drug-likeness (QED) is 0.292. The van der Waals surface area contributed by atoms with E-state index in [2.05, 4.69) is 32.8 Å². The average molecular weight is 547 g/mol. The predicted octanol–water partition coefficient (Wildman–Crippen LogP) is 3.93. The Kier molecular flexibility index (Phi) is 8.91. The molecule has 3 N–H and O–H groups in total. The number of alkyl halides is 3. The molecule has 2 atom stereocenters. The number of pyridine rings is 1. The van der Waals surface area contributed by atoms with Crippen molar-refractivity contribution in [2.45, 2.75) is 29.4 Å². The zero-order valence-electron chi connectivity index (χ0n) is 21.2. The fraction of sp³-hybridized carbons (Fsp3) is 0.385. The van der Waals surface area contributed by atoms with Crippen LogP contribution in [0.5, 0.6) is 5.75 Å². The first-order valence-corrected chi connectivity index (χ1v) is 12.9. The number of nitrogens with one attached hydrogen (secondary N) is 3. The van der Waals surface area contributed by atoms with Gasteiger partial charge in [-0.3, -0.25) is 9.20 Å². The number of fused-ring (bicyclic) bond motifs is 1. The maximum Gasteiger partial charge on any atom is 0.290 e. The van der Waals surface area contributed by atoms with Crippen molar-refractivity contribution in [3.05, 3.63) is 47.8 Å². The molecule has 0 unspecified atom stereocenters. The summed E-state index contributed by atoms with van der Waals surface area (Å²) >= 11 is 0.356. The van der Waals surface area contributed by atoms with E-state index in [1.54, 1.807) is 48.0 Å². The Hall–Kier alpha value is -3.56. The highest BCUT2D eigenvalue weighted by molar-refractivity contribution is 7.99. The number of piperidine rings is 1. The van der Waals surface area contributed by atoms with Crippen LogP contribution in [0, 0.1) is 11.8 Å². The van der Waals surface area contributed by atoms with E-state index in [0.29, 0.717) is 53.1 Å². The maximum absolute atomic E-state index is 14.6. The number of hydrogen-bond donors (Lipinski definition) is 3. The fourth-order valence-electron chi connectivity index (χ4n) is 4.26. The number of hydrogen-bond acceptors (Lipinski definition) is 7. The molecule has 1 aliphatic heterocycles. The first-order valence-electron chi connectivity index (χ1n) is 12.0. The smallest absolute Gasteiger partial charge is 0.290 e. The molecule has 4 rings (SSSR count).